The lowest BCUT2D eigenvalue weighted by molar-refractivity contribution is -0.123. The predicted octanol–water partition coefficient (Wildman–Crippen LogP) is 2.19. The van der Waals surface area contributed by atoms with Crippen molar-refractivity contribution in [2.24, 2.45) is 11.0 Å². The molecule has 0 radical (unpaired) electrons. The summed E-state index contributed by atoms with van der Waals surface area (Å²) >= 11 is 0. The number of carbonyl (C=O) groups is 1. The number of hydrogen-bond acceptors (Lipinski definition) is 3. The van der Waals surface area contributed by atoms with Crippen molar-refractivity contribution in [3.63, 3.8) is 0 Å². The largest absolute Gasteiger partial charge is 0.493 e. The lowest BCUT2D eigenvalue weighted by Gasteiger charge is -2.06. The van der Waals surface area contributed by atoms with Gasteiger partial charge in [0.2, 0.25) is 5.91 Å². The van der Waals surface area contributed by atoms with Gasteiger partial charge in [0.1, 0.15) is 5.75 Å². The fourth-order valence-corrected chi connectivity index (χ4v) is 1.17. The number of benzene rings is 1. The van der Waals surface area contributed by atoms with Gasteiger partial charge in [0.25, 0.3) is 0 Å². The Kier molecular flexibility index (Phi) is 5.20. The van der Waals surface area contributed by atoms with Crippen molar-refractivity contribution in [2.45, 2.75) is 20.8 Å². The van der Waals surface area contributed by atoms with Crippen molar-refractivity contribution in [1.29, 1.82) is 0 Å². The van der Waals surface area contributed by atoms with E-state index in [0.717, 1.165) is 11.3 Å². The normalized spacial score (nSPS) is 10.8. The number of hydrazone groups is 1. The highest BCUT2D eigenvalue weighted by Gasteiger charge is 2.04. The van der Waals surface area contributed by atoms with E-state index < -0.39 is 0 Å². The average molecular weight is 234 g/mol. The molecule has 0 saturated carbocycles. The van der Waals surface area contributed by atoms with Crippen molar-refractivity contribution in [3.05, 3.63) is 29.8 Å². The van der Waals surface area contributed by atoms with Crippen LogP contribution in [-0.4, -0.2) is 18.7 Å². The molecule has 1 rings (SSSR count). The summed E-state index contributed by atoms with van der Waals surface area (Å²) in [6.07, 6.45) is 1.59. The molecule has 0 saturated heterocycles. The Morgan fingerprint density at radius 1 is 1.47 bits per heavy atom. The summed E-state index contributed by atoms with van der Waals surface area (Å²) in [5.41, 5.74) is 3.32. The van der Waals surface area contributed by atoms with Gasteiger partial charge in [0, 0.05) is 11.5 Å². The molecule has 0 aromatic heterocycles. The first-order valence-electron chi connectivity index (χ1n) is 5.70. The fourth-order valence-electron chi connectivity index (χ4n) is 1.17. The topological polar surface area (TPSA) is 50.7 Å². The minimum atomic E-state index is -0.102. The van der Waals surface area contributed by atoms with Crippen LogP contribution in [0.25, 0.3) is 0 Å². The molecule has 1 N–H and O–H groups in total. The molecule has 0 heterocycles. The van der Waals surface area contributed by atoms with E-state index in [1.165, 1.54) is 0 Å². The maximum absolute atomic E-state index is 11.3. The molecule has 92 valence electrons. The average Bonchev–Trinajstić information content (AvgIpc) is 2.31. The quantitative estimate of drug-likeness (QED) is 0.627. The zero-order valence-electron chi connectivity index (χ0n) is 10.4. The summed E-state index contributed by atoms with van der Waals surface area (Å²) in [6.45, 7) is 6.16. The fraction of sp³-hybridized carbons (Fsp3) is 0.385. The second-order valence-electron chi connectivity index (χ2n) is 3.86. The van der Waals surface area contributed by atoms with E-state index in [9.17, 15) is 4.79 Å². The van der Waals surface area contributed by atoms with Gasteiger partial charge in [-0.15, -0.1) is 0 Å². The Labute approximate surface area is 102 Å². The monoisotopic (exact) mass is 234 g/mol. The van der Waals surface area contributed by atoms with E-state index in [-0.39, 0.29) is 11.8 Å². The molecule has 1 amide bonds. The first-order chi connectivity index (χ1) is 8.15. The van der Waals surface area contributed by atoms with E-state index in [1.807, 2.05) is 45.0 Å². The van der Waals surface area contributed by atoms with Crippen molar-refractivity contribution < 1.29 is 9.53 Å². The molecule has 4 heteroatoms. The number of ether oxygens (including phenoxy) is 1. The molecule has 17 heavy (non-hydrogen) atoms. The van der Waals surface area contributed by atoms with Crippen LogP contribution in [0.4, 0.5) is 0 Å². The Morgan fingerprint density at radius 2 is 2.18 bits per heavy atom. The summed E-state index contributed by atoms with van der Waals surface area (Å²) in [4.78, 5) is 11.3. The van der Waals surface area contributed by atoms with Crippen LogP contribution in [0.15, 0.2) is 29.4 Å². The number of rotatable bonds is 5. The molecule has 0 atom stereocenters. The summed E-state index contributed by atoms with van der Waals surface area (Å²) in [6, 6.07) is 7.55. The number of amides is 1. The smallest absolute Gasteiger partial charge is 0.242 e. The van der Waals surface area contributed by atoms with E-state index >= 15 is 0 Å². The molecule has 0 fully saturated rings. The summed E-state index contributed by atoms with van der Waals surface area (Å²) in [7, 11) is 0. The standard InChI is InChI=1S/C13H18N2O2/c1-4-17-12-8-6-5-7-11(12)9-14-15-13(16)10(2)3/h5-10H,4H2,1-3H3,(H,15,16)/b14-9+. The Morgan fingerprint density at radius 3 is 2.82 bits per heavy atom. The molecule has 0 aliphatic heterocycles. The Bertz CT molecular complexity index is 400. The molecular weight excluding hydrogens is 216 g/mol. The van der Waals surface area contributed by atoms with E-state index in [0.29, 0.717) is 6.61 Å². The lowest BCUT2D eigenvalue weighted by atomic mass is 10.2. The number of para-hydroxylation sites is 1. The van der Waals surface area contributed by atoms with Gasteiger partial charge >= 0.3 is 0 Å². The molecule has 0 aliphatic rings. The first kappa shape index (κ1) is 13.2. The van der Waals surface area contributed by atoms with Gasteiger partial charge in [0.05, 0.1) is 12.8 Å². The first-order valence-corrected chi connectivity index (χ1v) is 5.70. The minimum absolute atomic E-state index is 0.0747. The van der Waals surface area contributed by atoms with Crippen molar-refractivity contribution >= 4 is 12.1 Å². The van der Waals surface area contributed by atoms with Gasteiger partial charge in [-0.2, -0.15) is 5.10 Å². The minimum Gasteiger partial charge on any atom is -0.493 e. The maximum Gasteiger partial charge on any atom is 0.242 e. The second-order valence-corrected chi connectivity index (χ2v) is 3.86. The molecule has 1 aromatic rings. The molecule has 0 unspecified atom stereocenters. The lowest BCUT2D eigenvalue weighted by Crippen LogP contribution is -2.22. The highest BCUT2D eigenvalue weighted by atomic mass is 16.5. The van der Waals surface area contributed by atoms with Crippen LogP contribution in [0.5, 0.6) is 5.75 Å². The Balaban J connectivity index is 2.67. The molecule has 4 nitrogen and oxygen atoms in total. The van der Waals surface area contributed by atoms with Gasteiger partial charge < -0.3 is 4.74 Å². The number of nitrogens with zero attached hydrogens (tertiary/aromatic N) is 1. The Hall–Kier alpha value is -1.84. The zero-order valence-corrected chi connectivity index (χ0v) is 10.4. The van der Waals surface area contributed by atoms with Crippen molar-refractivity contribution in [2.75, 3.05) is 6.61 Å². The molecule has 0 bridgehead atoms. The van der Waals surface area contributed by atoms with Crippen LogP contribution in [-0.2, 0) is 4.79 Å². The van der Waals surface area contributed by atoms with Crippen molar-refractivity contribution in [3.8, 4) is 5.75 Å². The van der Waals surface area contributed by atoms with Crippen LogP contribution in [0, 0.1) is 5.92 Å². The van der Waals surface area contributed by atoms with Gasteiger partial charge in [-0.3, -0.25) is 4.79 Å². The number of nitrogens with one attached hydrogen (secondary N) is 1. The van der Waals surface area contributed by atoms with Crippen LogP contribution < -0.4 is 10.2 Å². The van der Waals surface area contributed by atoms with Crippen LogP contribution in [0.1, 0.15) is 26.3 Å². The third kappa shape index (κ3) is 4.26. The van der Waals surface area contributed by atoms with Crippen molar-refractivity contribution in [1.82, 2.24) is 5.43 Å². The molecule has 1 aromatic carbocycles. The number of carbonyl (C=O) groups excluding carboxylic acids is 1. The van der Waals surface area contributed by atoms with E-state index in [4.69, 9.17) is 4.74 Å². The SMILES string of the molecule is CCOc1ccccc1/C=N/NC(=O)C(C)C. The van der Waals surface area contributed by atoms with Gasteiger partial charge in [-0.05, 0) is 19.1 Å². The zero-order chi connectivity index (χ0) is 12.7. The van der Waals surface area contributed by atoms with E-state index in [1.54, 1.807) is 6.21 Å². The highest BCUT2D eigenvalue weighted by Crippen LogP contribution is 2.15. The van der Waals surface area contributed by atoms with Gasteiger partial charge in [-0.25, -0.2) is 5.43 Å². The number of hydrogen-bond donors (Lipinski definition) is 1. The van der Waals surface area contributed by atoms with Crippen LogP contribution >= 0.6 is 0 Å². The molecule has 0 aliphatic carbocycles. The maximum atomic E-state index is 11.3. The second kappa shape index (κ2) is 6.68. The van der Waals surface area contributed by atoms with Gasteiger partial charge in [0.15, 0.2) is 0 Å². The van der Waals surface area contributed by atoms with E-state index in [2.05, 4.69) is 10.5 Å². The van der Waals surface area contributed by atoms with Crippen LogP contribution in [0.2, 0.25) is 0 Å². The third-order valence-corrected chi connectivity index (χ3v) is 2.12. The highest BCUT2D eigenvalue weighted by molar-refractivity contribution is 5.85. The summed E-state index contributed by atoms with van der Waals surface area (Å²) < 4.78 is 5.44. The summed E-state index contributed by atoms with van der Waals surface area (Å²) in [5, 5.41) is 3.90. The third-order valence-electron chi connectivity index (χ3n) is 2.12. The van der Waals surface area contributed by atoms with Crippen LogP contribution in [0.3, 0.4) is 0 Å². The predicted molar refractivity (Wildman–Crippen MR) is 68.2 cm³/mol. The van der Waals surface area contributed by atoms with Gasteiger partial charge in [-0.1, -0.05) is 26.0 Å². The molecular formula is C13H18N2O2. The summed E-state index contributed by atoms with van der Waals surface area (Å²) in [5.74, 6) is 0.585. The molecule has 0 spiro atoms.